The number of anilines is 1. The Morgan fingerprint density at radius 3 is 2.33 bits per heavy atom. The van der Waals surface area contributed by atoms with Crippen LogP contribution in [0, 0.1) is 17.0 Å². The van der Waals surface area contributed by atoms with Crippen LogP contribution in [0.2, 0.25) is 0 Å². The number of rotatable bonds is 6. The third-order valence-corrected chi connectivity index (χ3v) is 6.61. The summed E-state index contributed by atoms with van der Waals surface area (Å²) in [5, 5.41) is 13.2. The third-order valence-electron chi connectivity index (χ3n) is 6.61. The molecule has 1 fully saturated rings. The van der Waals surface area contributed by atoms with Gasteiger partial charge in [-0.25, -0.2) is 23.4 Å². The van der Waals surface area contributed by atoms with Gasteiger partial charge in [-0.15, -0.1) is 0 Å². The maximum absolute atomic E-state index is 13.7. The van der Waals surface area contributed by atoms with Gasteiger partial charge < -0.3 is 9.64 Å². The largest absolute Gasteiger partial charge is 0.378 e. The van der Waals surface area contributed by atoms with Crippen molar-refractivity contribution in [3.63, 3.8) is 0 Å². The molecule has 4 heterocycles. The van der Waals surface area contributed by atoms with E-state index in [1.165, 1.54) is 28.9 Å². The molecule has 0 aliphatic carbocycles. The molecule has 40 heavy (non-hydrogen) atoms. The Morgan fingerprint density at radius 1 is 0.850 bits per heavy atom. The van der Waals surface area contributed by atoms with E-state index >= 15 is 0 Å². The molecule has 0 spiro atoms. The van der Waals surface area contributed by atoms with Crippen molar-refractivity contribution >= 4 is 18.1 Å². The van der Waals surface area contributed by atoms with Gasteiger partial charge >= 0.3 is 0 Å². The Balaban J connectivity index is 1.40. The Morgan fingerprint density at radius 2 is 1.57 bits per heavy atom. The van der Waals surface area contributed by atoms with Gasteiger partial charge in [-0.05, 0) is 84.4 Å². The minimum absolute atomic E-state index is 0.179. The second kappa shape index (κ2) is 11.0. The van der Waals surface area contributed by atoms with Crippen LogP contribution in [0.3, 0.4) is 0 Å². The Kier molecular flexibility index (Phi) is 6.98. The number of halogens is 2. The molecule has 2 aromatic carbocycles. The summed E-state index contributed by atoms with van der Waals surface area (Å²) in [5.41, 5.74) is 4.21. The fraction of sp³-hybridized carbons (Fsp3) is 0.133. The number of morpholine rings is 1. The first-order valence-corrected chi connectivity index (χ1v) is 12.8. The van der Waals surface area contributed by atoms with Gasteiger partial charge in [0.25, 0.3) is 0 Å². The van der Waals surface area contributed by atoms with Gasteiger partial charge in [0.1, 0.15) is 40.7 Å². The van der Waals surface area contributed by atoms with Gasteiger partial charge in [0.15, 0.2) is 0 Å². The van der Waals surface area contributed by atoms with E-state index in [9.17, 15) is 8.78 Å². The summed E-state index contributed by atoms with van der Waals surface area (Å²) < 4.78 is 36.1. The standard InChI is InChI=1S/C30H25F2N7O/c31-23-3-1-22(2-4-23)29-30(38(20-35-29)25-7-5-24(32)6-8-25)26-9-10-27(33)39(36-26)14-12-21-11-13-34-28(19-21)37-15-17-40-18-16-37/h1-14,19-20,33H,15-18H2/b14-12+,33-27?. The van der Waals surface area contributed by atoms with Crippen molar-refractivity contribution in [1.82, 2.24) is 24.3 Å². The fourth-order valence-electron chi connectivity index (χ4n) is 4.55. The topological polar surface area (TPSA) is 84.8 Å². The normalized spacial score (nSPS) is 13.7. The zero-order valence-electron chi connectivity index (χ0n) is 21.4. The zero-order valence-corrected chi connectivity index (χ0v) is 21.4. The first kappa shape index (κ1) is 25.3. The SMILES string of the molecule is N=c1ccc(-c2c(-c3ccc(F)cc3)ncn2-c2ccc(F)cc2)nn1/C=C/c1ccnc(N2CCOCC2)c1. The van der Waals surface area contributed by atoms with E-state index in [2.05, 4.69) is 14.9 Å². The summed E-state index contributed by atoms with van der Waals surface area (Å²) in [6.45, 7) is 2.91. The summed E-state index contributed by atoms with van der Waals surface area (Å²) in [6.07, 6.45) is 6.98. The van der Waals surface area contributed by atoms with Gasteiger partial charge in [-0.2, -0.15) is 5.10 Å². The molecule has 0 atom stereocenters. The molecule has 1 aliphatic heterocycles. The maximum Gasteiger partial charge on any atom is 0.146 e. The molecule has 1 aliphatic rings. The van der Waals surface area contributed by atoms with Crippen LogP contribution in [-0.4, -0.2) is 50.6 Å². The predicted octanol–water partition coefficient (Wildman–Crippen LogP) is 5.02. The lowest BCUT2D eigenvalue weighted by Crippen LogP contribution is -2.36. The van der Waals surface area contributed by atoms with E-state index in [4.69, 9.17) is 15.2 Å². The van der Waals surface area contributed by atoms with E-state index in [-0.39, 0.29) is 17.1 Å². The van der Waals surface area contributed by atoms with Crippen molar-refractivity contribution in [2.75, 3.05) is 31.2 Å². The molecule has 6 rings (SSSR count). The van der Waals surface area contributed by atoms with Crippen LogP contribution in [0.5, 0.6) is 0 Å². The highest BCUT2D eigenvalue weighted by atomic mass is 19.1. The van der Waals surface area contributed by atoms with Crippen molar-refractivity contribution in [1.29, 1.82) is 5.41 Å². The first-order valence-electron chi connectivity index (χ1n) is 12.8. The van der Waals surface area contributed by atoms with E-state index in [0.29, 0.717) is 41.5 Å². The summed E-state index contributed by atoms with van der Waals surface area (Å²) in [6, 6.07) is 19.4. The number of hydrogen-bond donors (Lipinski definition) is 1. The molecular weight excluding hydrogens is 512 g/mol. The quantitative estimate of drug-likeness (QED) is 0.329. The van der Waals surface area contributed by atoms with Crippen LogP contribution in [0.15, 0.2) is 85.3 Å². The number of hydrogen-bond acceptors (Lipinski definition) is 6. The molecule has 0 radical (unpaired) electrons. The third kappa shape index (κ3) is 5.29. The van der Waals surface area contributed by atoms with Crippen LogP contribution < -0.4 is 10.4 Å². The number of ether oxygens (including phenoxy) is 1. The number of pyridine rings is 1. The molecule has 1 N–H and O–H groups in total. The molecule has 10 heteroatoms. The van der Waals surface area contributed by atoms with E-state index in [1.54, 1.807) is 59.7 Å². The number of nitrogens with zero attached hydrogens (tertiary/aromatic N) is 6. The second-order valence-corrected chi connectivity index (χ2v) is 9.21. The number of nitrogens with one attached hydrogen (secondary N) is 1. The van der Waals surface area contributed by atoms with Gasteiger partial charge in [-0.1, -0.05) is 0 Å². The van der Waals surface area contributed by atoms with E-state index in [0.717, 1.165) is 24.5 Å². The van der Waals surface area contributed by atoms with E-state index < -0.39 is 0 Å². The molecule has 200 valence electrons. The van der Waals surface area contributed by atoms with Crippen LogP contribution >= 0.6 is 0 Å². The first-order chi connectivity index (χ1) is 19.5. The fourth-order valence-corrected chi connectivity index (χ4v) is 4.55. The molecule has 5 aromatic rings. The van der Waals surface area contributed by atoms with E-state index in [1.807, 2.05) is 18.2 Å². The van der Waals surface area contributed by atoms with Crippen molar-refractivity contribution in [2.45, 2.75) is 0 Å². The monoisotopic (exact) mass is 537 g/mol. The number of aromatic nitrogens is 5. The van der Waals surface area contributed by atoms with Crippen molar-refractivity contribution in [3.8, 4) is 28.3 Å². The highest BCUT2D eigenvalue weighted by Gasteiger charge is 2.18. The lowest BCUT2D eigenvalue weighted by Gasteiger charge is -2.27. The van der Waals surface area contributed by atoms with Crippen molar-refractivity contribution in [2.24, 2.45) is 0 Å². The van der Waals surface area contributed by atoms with Crippen LogP contribution in [0.4, 0.5) is 14.6 Å². The molecule has 3 aromatic heterocycles. The summed E-state index contributed by atoms with van der Waals surface area (Å²) >= 11 is 0. The second-order valence-electron chi connectivity index (χ2n) is 9.21. The molecule has 0 amide bonds. The summed E-state index contributed by atoms with van der Waals surface area (Å²) in [5.74, 6) is 0.169. The molecule has 1 saturated heterocycles. The van der Waals surface area contributed by atoms with Gasteiger partial charge in [0, 0.05) is 36.7 Å². The summed E-state index contributed by atoms with van der Waals surface area (Å²) in [4.78, 5) is 11.3. The Bertz CT molecular complexity index is 1660. The number of imidazole rings is 1. The number of benzene rings is 2. The average molecular weight is 538 g/mol. The van der Waals surface area contributed by atoms with Crippen molar-refractivity contribution < 1.29 is 13.5 Å². The lowest BCUT2D eigenvalue weighted by molar-refractivity contribution is 0.122. The smallest absolute Gasteiger partial charge is 0.146 e. The molecule has 0 bridgehead atoms. The van der Waals surface area contributed by atoms with Crippen molar-refractivity contribution in [3.05, 3.63) is 108 Å². The minimum atomic E-state index is -0.351. The molecule has 8 nitrogen and oxygen atoms in total. The van der Waals surface area contributed by atoms with Gasteiger partial charge in [0.2, 0.25) is 0 Å². The lowest BCUT2D eigenvalue weighted by atomic mass is 10.1. The average Bonchev–Trinajstić information content (AvgIpc) is 3.43. The van der Waals surface area contributed by atoms with Crippen LogP contribution in [0.1, 0.15) is 5.56 Å². The van der Waals surface area contributed by atoms with Gasteiger partial charge in [0.05, 0.1) is 18.9 Å². The molecule has 0 saturated carbocycles. The zero-order chi connectivity index (χ0) is 27.5. The predicted molar refractivity (Wildman–Crippen MR) is 148 cm³/mol. The van der Waals surface area contributed by atoms with Crippen LogP contribution in [-0.2, 0) is 4.74 Å². The Hall–Kier alpha value is -4.96. The van der Waals surface area contributed by atoms with Gasteiger partial charge in [-0.3, -0.25) is 9.98 Å². The molecule has 0 unspecified atom stereocenters. The maximum atomic E-state index is 13.7. The Labute approximate surface area is 229 Å². The minimum Gasteiger partial charge on any atom is -0.378 e. The highest BCUT2D eigenvalue weighted by Crippen LogP contribution is 2.32. The highest BCUT2D eigenvalue weighted by molar-refractivity contribution is 5.78. The van der Waals surface area contributed by atoms with Crippen LogP contribution in [0.25, 0.3) is 40.6 Å². The molecular formula is C30H25F2N7O. The summed E-state index contributed by atoms with van der Waals surface area (Å²) in [7, 11) is 0.